The van der Waals surface area contributed by atoms with Crippen molar-refractivity contribution >= 4 is 17.5 Å². The Labute approximate surface area is 94.4 Å². The third-order valence-electron chi connectivity index (χ3n) is 2.59. The summed E-state index contributed by atoms with van der Waals surface area (Å²) in [6, 6.07) is 1.64. The summed E-state index contributed by atoms with van der Waals surface area (Å²) >= 11 is 5.70. The highest BCUT2D eigenvalue weighted by molar-refractivity contribution is 6.17. The molecule has 0 fully saturated rings. The molecule has 1 aromatic heterocycles. The number of amides is 1. The summed E-state index contributed by atoms with van der Waals surface area (Å²) < 4.78 is 0. The monoisotopic (exact) mass is 229 g/mol. The number of aromatic amines is 1. The van der Waals surface area contributed by atoms with E-state index in [0.29, 0.717) is 11.6 Å². The normalized spacial score (nSPS) is 14.6. The first kappa shape index (κ1) is 12.0. The molecule has 84 valence electrons. The zero-order valence-corrected chi connectivity index (χ0v) is 9.77. The lowest BCUT2D eigenvalue weighted by molar-refractivity contribution is 0.0896. The van der Waals surface area contributed by atoms with Gasteiger partial charge < -0.3 is 5.32 Å². The molecule has 1 amide bonds. The van der Waals surface area contributed by atoms with Crippen LogP contribution in [0.2, 0.25) is 0 Å². The topological polar surface area (TPSA) is 57.8 Å². The Balaban J connectivity index is 2.63. The maximum atomic E-state index is 11.7. The van der Waals surface area contributed by atoms with E-state index < -0.39 is 0 Å². The lowest BCUT2D eigenvalue weighted by atomic mass is 9.95. The second-order valence-corrected chi connectivity index (χ2v) is 4.16. The summed E-state index contributed by atoms with van der Waals surface area (Å²) in [7, 11) is 0. The maximum Gasteiger partial charge on any atom is 0.269 e. The van der Waals surface area contributed by atoms with Crippen molar-refractivity contribution in [2.24, 2.45) is 0 Å². The lowest BCUT2D eigenvalue weighted by Crippen LogP contribution is -2.46. The van der Waals surface area contributed by atoms with Gasteiger partial charge in [0.2, 0.25) is 0 Å². The fourth-order valence-electron chi connectivity index (χ4n) is 1.26. The van der Waals surface area contributed by atoms with Crippen molar-refractivity contribution in [2.45, 2.75) is 32.2 Å². The number of halogens is 1. The third-order valence-corrected chi connectivity index (χ3v) is 2.78. The first-order valence-corrected chi connectivity index (χ1v) is 5.52. The smallest absolute Gasteiger partial charge is 0.269 e. The van der Waals surface area contributed by atoms with Gasteiger partial charge in [-0.3, -0.25) is 9.89 Å². The molecule has 0 saturated carbocycles. The molecule has 0 aliphatic carbocycles. The largest absolute Gasteiger partial charge is 0.346 e. The summed E-state index contributed by atoms with van der Waals surface area (Å²) in [6.45, 7) is 4.02. The molecular weight excluding hydrogens is 214 g/mol. The Kier molecular flexibility index (Phi) is 4.15. The number of carbonyl (C=O) groups is 1. The van der Waals surface area contributed by atoms with Crippen molar-refractivity contribution in [3.63, 3.8) is 0 Å². The molecule has 0 spiro atoms. The zero-order valence-electron chi connectivity index (χ0n) is 9.01. The first-order valence-electron chi connectivity index (χ1n) is 4.99. The van der Waals surface area contributed by atoms with Crippen LogP contribution in [0.5, 0.6) is 0 Å². The summed E-state index contributed by atoms with van der Waals surface area (Å²) in [6.07, 6.45) is 3.16. The van der Waals surface area contributed by atoms with Crippen molar-refractivity contribution in [3.8, 4) is 0 Å². The molecule has 0 aromatic carbocycles. The van der Waals surface area contributed by atoms with Crippen LogP contribution in [0.1, 0.15) is 37.2 Å². The molecule has 0 radical (unpaired) electrons. The highest BCUT2D eigenvalue weighted by atomic mass is 35.5. The molecule has 1 atom stereocenters. The number of nitrogens with zero attached hydrogens (tertiary/aromatic N) is 1. The van der Waals surface area contributed by atoms with Gasteiger partial charge in [-0.15, -0.1) is 11.6 Å². The summed E-state index contributed by atoms with van der Waals surface area (Å²) in [5, 5.41) is 9.32. The van der Waals surface area contributed by atoms with Gasteiger partial charge in [0, 0.05) is 17.6 Å². The van der Waals surface area contributed by atoms with Gasteiger partial charge >= 0.3 is 0 Å². The standard InChI is InChI=1S/C10H16ClN3O/c1-3-10(2,5-6-11)13-9(15)8-4-7-12-14-8/h4,7H,3,5-6H2,1-2H3,(H,12,14)(H,13,15). The molecule has 0 aliphatic rings. The molecule has 2 N–H and O–H groups in total. The summed E-state index contributed by atoms with van der Waals surface area (Å²) in [5.74, 6) is 0.398. The molecule has 0 aliphatic heterocycles. The van der Waals surface area contributed by atoms with Crippen LogP contribution in [-0.4, -0.2) is 27.5 Å². The highest BCUT2D eigenvalue weighted by Crippen LogP contribution is 2.15. The number of hydrogen-bond donors (Lipinski definition) is 2. The minimum atomic E-state index is -0.246. The van der Waals surface area contributed by atoms with Crippen LogP contribution in [0.4, 0.5) is 0 Å². The second-order valence-electron chi connectivity index (χ2n) is 3.78. The van der Waals surface area contributed by atoms with Gasteiger partial charge in [-0.05, 0) is 25.8 Å². The fraction of sp³-hybridized carbons (Fsp3) is 0.600. The maximum absolute atomic E-state index is 11.7. The van der Waals surface area contributed by atoms with Gasteiger partial charge in [0.1, 0.15) is 5.69 Å². The Hall–Kier alpha value is -1.03. The van der Waals surface area contributed by atoms with Crippen LogP contribution < -0.4 is 5.32 Å². The van der Waals surface area contributed by atoms with Crippen LogP contribution in [0, 0.1) is 0 Å². The first-order chi connectivity index (χ1) is 7.11. The highest BCUT2D eigenvalue weighted by Gasteiger charge is 2.24. The van der Waals surface area contributed by atoms with Gasteiger partial charge in [0.25, 0.3) is 5.91 Å². The number of nitrogens with one attached hydrogen (secondary N) is 2. The number of hydrogen-bond acceptors (Lipinski definition) is 2. The van der Waals surface area contributed by atoms with Gasteiger partial charge in [-0.2, -0.15) is 5.10 Å². The van der Waals surface area contributed by atoms with E-state index in [1.54, 1.807) is 12.3 Å². The minimum Gasteiger partial charge on any atom is -0.346 e. The van der Waals surface area contributed by atoms with Crippen molar-refractivity contribution in [2.75, 3.05) is 5.88 Å². The van der Waals surface area contributed by atoms with Crippen molar-refractivity contribution < 1.29 is 4.79 Å². The molecule has 1 unspecified atom stereocenters. The predicted octanol–water partition coefficient (Wildman–Crippen LogP) is 1.94. The van der Waals surface area contributed by atoms with E-state index in [1.807, 2.05) is 13.8 Å². The number of rotatable bonds is 5. The second kappa shape index (κ2) is 5.16. The lowest BCUT2D eigenvalue weighted by Gasteiger charge is -2.28. The summed E-state index contributed by atoms with van der Waals surface area (Å²) in [5.41, 5.74) is 0.230. The number of aromatic nitrogens is 2. The van der Waals surface area contributed by atoms with Gasteiger partial charge in [0.15, 0.2) is 0 Å². The molecule has 5 heteroatoms. The van der Waals surface area contributed by atoms with E-state index in [9.17, 15) is 4.79 Å². The van der Waals surface area contributed by atoms with Gasteiger partial charge in [-0.1, -0.05) is 6.92 Å². The van der Waals surface area contributed by atoms with Gasteiger partial charge in [-0.25, -0.2) is 0 Å². The van der Waals surface area contributed by atoms with E-state index in [-0.39, 0.29) is 11.4 Å². The van der Waals surface area contributed by atoms with Crippen molar-refractivity contribution in [3.05, 3.63) is 18.0 Å². The Bertz CT molecular complexity index is 312. The third kappa shape index (κ3) is 3.23. The van der Waals surface area contributed by atoms with Gasteiger partial charge in [0.05, 0.1) is 0 Å². The van der Waals surface area contributed by atoms with Crippen LogP contribution >= 0.6 is 11.6 Å². The number of carbonyl (C=O) groups excluding carboxylic acids is 1. The number of alkyl halides is 1. The summed E-state index contributed by atoms with van der Waals surface area (Å²) in [4.78, 5) is 11.7. The Morgan fingerprint density at radius 3 is 2.93 bits per heavy atom. The zero-order chi connectivity index (χ0) is 11.3. The minimum absolute atomic E-state index is 0.137. The van der Waals surface area contributed by atoms with Crippen LogP contribution in [0.3, 0.4) is 0 Å². The van der Waals surface area contributed by atoms with Crippen LogP contribution in [-0.2, 0) is 0 Å². The van der Waals surface area contributed by atoms with Crippen LogP contribution in [0.25, 0.3) is 0 Å². The molecule has 1 heterocycles. The van der Waals surface area contributed by atoms with E-state index in [2.05, 4.69) is 15.5 Å². The molecule has 0 bridgehead atoms. The molecule has 15 heavy (non-hydrogen) atoms. The molecule has 4 nitrogen and oxygen atoms in total. The average Bonchev–Trinajstić information content (AvgIpc) is 2.71. The van der Waals surface area contributed by atoms with Crippen molar-refractivity contribution in [1.82, 2.24) is 15.5 Å². The fourth-order valence-corrected chi connectivity index (χ4v) is 1.68. The molecule has 1 rings (SSSR count). The number of H-pyrrole nitrogens is 1. The quantitative estimate of drug-likeness (QED) is 0.759. The average molecular weight is 230 g/mol. The Morgan fingerprint density at radius 1 is 1.73 bits per heavy atom. The SMILES string of the molecule is CCC(C)(CCCl)NC(=O)c1ccn[nH]1. The van der Waals surface area contributed by atoms with E-state index in [1.165, 1.54) is 0 Å². The molecular formula is C10H16ClN3O. The molecule has 0 saturated heterocycles. The van der Waals surface area contributed by atoms with E-state index >= 15 is 0 Å². The molecule has 1 aromatic rings. The predicted molar refractivity (Wildman–Crippen MR) is 60.1 cm³/mol. The van der Waals surface area contributed by atoms with E-state index in [4.69, 9.17) is 11.6 Å². The van der Waals surface area contributed by atoms with E-state index in [0.717, 1.165) is 12.8 Å². The Morgan fingerprint density at radius 2 is 2.47 bits per heavy atom. The van der Waals surface area contributed by atoms with Crippen LogP contribution in [0.15, 0.2) is 12.3 Å². The van der Waals surface area contributed by atoms with Crippen molar-refractivity contribution in [1.29, 1.82) is 0 Å².